The van der Waals surface area contributed by atoms with Crippen molar-refractivity contribution in [2.45, 2.75) is 51.9 Å². The maximum absolute atomic E-state index is 12.6. The van der Waals surface area contributed by atoms with Gasteiger partial charge in [-0.2, -0.15) is 0 Å². The van der Waals surface area contributed by atoms with Gasteiger partial charge in [0.05, 0.1) is 5.39 Å². The zero-order chi connectivity index (χ0) is 18.8. The van der Waals surface area contributed by atoms with Crippen molar-refractivity contribution in [1.82, 2.24) is 9.97 Å². The second-order valence-corrected chi connectivity index (χ2v) is 8.26. The number of benzene rings is 1. The van der Waals surface area contributed by atoms with E-state index in [1.54, 1.807) is 11.3 Å². The Hall–Kier alpha value is -2.47. The first-order chi connectivity index (χ1) is 13.1. The fourth-order valence-electron chi connectivity index (χ4n) is 3.68. The van der Waals surface area contributed by atoms with Crippen molar-refractivity contribution in [3.63, 3.8) is 0 Å². The minimum atomic E-state index is -0.0784. The maximum atomic E-state index is 12.6. The van der Waals surface area contributed by atoms with Crippen LogP contribution in [0.1, 0.15) is 47.5 Å². The highest BCUT2D eigenvalue weighted by Crippen LogP contribution is 2.32. The van der Waals surface area contributed by atoms with E-state index in [2.05, 4.69) is 15.3 Å². The summed E-state index contributed by atoms with van der Waals surface area (Å²) in [4.78, 5) is 34.5. The number of anilines is 1. The molecule has 0 unspecified atom stereocenters. The second-order valence-electron chi connectivity index (χ2n) is 7.17. The summed E-state index contributed by atoms with van der Waals surface area (Å²) >= 11 is 1.65. The summed E-state index contributed by atoms with van der Waals surface area (Å²) in [6.07, 6.45) is 6.27. The predicted octanol–water partition coefficient (Wildman–Crippen LogP) is 4.13. The van der Waals surface area contributed by atoms with Crippen LogP contribution in [0.4, 0.5) is 5.69 Å². The zero-order valence-electron chi connectivity index (χ0n) is 15.4. The van der Waals surface area contributed by atoms with E-state index in [0.29, 0.717) is 12.2 Å². The lowest BCUT2D eigenvalue weighted by Crippen LogP contribution is -2.16. The molecule has 1 aliphatic rings. The van der Waals surface area contributed by atoms with Crippen LogP contribution in [-0.4, -0.2) is 15.9 Å². The van der Waals surface area contributed by atoms with E-state index in [0.717, 1.165) is 40.7 Å². The van der Waals surface area contributed by atoms with E-state index in [1.807, 2.05) is 31.2 Å². The van der Waals surface area contributed by atoms with Crippen molar-refractivity contribution in [3.8, 4) is 0 Å². The fraction of sp³-hybridized carbons (Fsp3) is 0.381. The Morgan fingerprint density at radius 1 is 1.26 bits per heavy atom. The largest absolute Gasteiger partial charge is 0.326 e. The summed E-state index contributed by atoms with van der Waals surface area (Å²) in [5.41, 5.74) is 3.03. The molecule has 0 saturated heterocycles. The van der Waals surface area contributed by atoms with Gasteiger partial charge >= 0.3 is 0 Å². The van der Waals surface area contributed by atoms with Crippen LogP contribution in [-0.2, 0) is 24.1 Å². The number of hydrogen-bond acceptors (Lipinski definition) is 4. The van der Waals surface area contributed by atoms with Gasteiger partial charge in [-0.1, -0.05) is 18.6 Å². The highest BCUT2D eigenvalue weighted by atomic mass is 32.1. The van der Waals surface area contributed by atoms with Gasteiger partial charge < -0.3 is 10.3 Å². The third kappa shape index (κ3) is 3.95. The van der Waals surface area contributed by atoms with Gasteiger partial charge in [-0.25, -0.2) is 4.98 Å². The molecule has 3 aromatic rings. The number of amides is 1. The molecule has 2 N–H and O–H groups in total. The van der Waals surface area contributed by atoms with Crippen molar-refractivity contribution < 1.29 is 4.79 Å². The summed E-state index contributed by atoms with van der Waals surface area (Å²) in [6, 6.07) is 7.71. The lowest BCUT2D eigenvalue weighted by molar-refractivity contribution is -0.116. The van der Waals surface area contributed by atoms with E-state index in [4.69, 9.17) is 0 Å². The van der Waals surface area contributed by atoms with Gasteiger partial charge in [0.25, 0.3) is 5.56 Å². The Bertz CT molecular complexity index is 1050. The van der Waals surface area contributed by atoms with E-state index in [9.17, 15) is 9.59 Å². The number of H-pyrrole nitrogens is 1. The molecule has 0 radical (unpaired) electrons. The minimum absolute atomic E-state index is 0.0616. The standard InChI is InChI=1S/C21H23N3O2S/c1-13-6-5-7-14(12-13)22-18(25)11-10-17-23-20(26)19-15-8-3-2-4-9-16(15)27-21(19)24-17/h5-7,12H,2-4,8-11H2,1H3,(H,22,25)(H,23,24,26). The van der Waals surface area contributed by atoms with E-state index in [-0.39, 0.29) is 17.9 Å². The van der Waals surface area contributed by atoms with Gasteiger partial charge in [0.15, 0.2) is 0 Å². The molecule has 0 aliphatic heterocycles. The average Bonchev–Trinajstić information content (AvgIpc) is 2.82. The molecule has 1 aromatic carbocycles. The number of aryl methyl sites for hydroxylation is 4. The predicted molar refractivity (Wildman–Crippen MR) is 110 cm³/mol. The number of hydrogen-bond donors (Lipinski definition) is 2. The Kier molecular flexibility index (Phi) is 5.07. The fourth-order valence-corrected chi connectivity index (χ4v) is 4.96. The molecule has 1 amide bonds. The van der Waals surface area contributed by atoms with Gasteiger partial charge in [0.2, 0.25) is 5.91 Å². The summed E-state index contributed by atoms with van der Waals surface area (Å²) in [6.45, 7) is 1.99. The number of fused-ring (bicyclic) bond motifs is 3. The molecular formula is C21H23N3O2S. The van der Waals surface area contributed by atoms with Crippen LogP contribution in [0.3, 0.4) is 0 Å². The molecule has 5 nitrogen and oxygen atoms in total. The SMILES string of the molecule is Cc1cccc(NC(=O)CCc2nc3sc4c(c3c(=O)[nH]2)CCCCC4)c1. The molecule has 0 atom stereocenters. The van der Waals surface area contributed by atoms with Gasteiger partial charge in [-0.3, -0.25) is 9.59 Å². The van der Waals surface area contributed by atoms with Crippen LogP contribution < -0.4 is 10.9 Å². The topological polar surface area (TPSA) is 74.8 Å². The van der Waals surface area contributed by atoms with Gasteiger partial charge in [0.1, 0.15) is 10.7 Å². The molecule has 0 saturated carbocycles. The van der Waals surface area contributed by atoms with E-state index >= 15 is 0 Å². The lowest BCUT2D eigenvalue weighted by atomic mass is 10.1. The third-order valence-corrected chi connectivity index (χ3v) is 6.20. The number of nitrogens with one attached hydrogen (secondary N) is 2. The molecule has 27 heavy (non-hydrogen) atoms. The maximum Gasteiger partial charge on any atom is 0.259 e. The molecule has 0 spiro atoms. The molecule has 2 aromatic heterocycles. The Morgan fingerprint density at radius 2 is 2.11 bits per heavy atom. The number of thiophene rings is 1. The first-order valence-corrected chi connectivity index (χ1v) is 10.3. The monoisotopic (exact) mass is 381 g/mol. The van der Waals surface area contributed by atoms with Crippen LogP contribution in [0.2, 0.25) is 0 Å². The highest BCUT2D eigenvalue weighted by molar-refractivity contribution is 7.18. The average molecular weight is 382 g/mol. The number of carbonyl (C=O) groups is 1. The third-order valence-electron chi connectivity index (χ3n) is 5.01. The lowest BCUT2D eigenvalue weighted by Gasteiger charge is -2.06. The Balaban J connectivity index is 1.49. The number of aromatic nitrogens is 2. The van der Waals surface area contributed by atoms with Crippen LogP contribution in [0, 0.1) is 6.92 Å². The molecule has 6 heteroatoms. The number of carbonyl (C=O) groups excluding carboxylic acids is 1. The van der Waals surface area contributed by atoms with Crippen molar-refractivity contribution >= 4 is 33.1 Å². The zero-order valence-corrected chi connectivity index (χ0v) is 16.2. The summed E-state index contributed by atoms with van der Waals surface area (Å²) < 4.78 is 0. The molecule has 140 valence electrons. The summed E-state index contributed by atoms with van der Waals surface area (Å²) in [7, 11) is 0. The van der Waals surface area contributed by atoms with Crippen molar-refractivity contribution in [1.29, 1.82) is 0 Å². The Morgan fingerprint density at radius 3 is 2.96 bits per heavy atom. The number of nitrogens with zero attached hydrogens (tertiary/aromatic N) is 1. The number of rotatable bonds is 4. The normalized spacial score (nSPS) is 14.0. The molecule has 0 bridgehead atoms. The molecule has 0 fully saturated rings. The van der Waals surface area contributed by atoms with E-state index < -0.39 is 0 Å². The van der Waals surface area contributed by atoms with E-state index in [1.165, 1.54) is 23.3 Å². The number of aromatic amines is 1. The first-order valence-electron chi connectivity index (χ1n) is 9.50. The Labute approximate surface area is 161 Å². The van der Waals surface area contributed by atoms with Crippen molar-refractivity contribution in [2.75, 3.05) is 5.32 Å². The smallest absolute Gasteiger partial charge is 0.259 e. The molecule has 1 aliphatic carbocycles. The first kappa shape index (κ1) is 17.9. The highest BCUT2D eigenvalue weighted by Gasteiger charge is 2.19. The quantitative estimate of drug-likeness (QED) is 0.667. The van der Waals surface area contributed by atoms with Gasteiger partial charge in [-0.05, 0) is 55.9 Å². The van der Waals surface area contributed by atoms with Gasteiger partial charge in [-0.15, -0.1) is 11.3 Å². The second kappa shape index (κ2) is 7.64. The molecule has 2 heterocycles. The van der Waals surface area contributed by atoms with Crippen LogP contribution in [0.5, 0.6) is 0 Å². The minimum Gasteiger partial charge on any atom is -0.326 e. The molecule has 4 rings (SSSR count). The van der Waals surface area contributed by atoms with Gasteiger partial charge in [0, 0.05) is 23.4 Å². The van der Waals surface area contributed by atoms with Crippen molar-refractivity contribution in [3.05, 3.63) is 56.4 Å². The van der Waals surface area contributed by atoms with Crippen LogP contribution in [0.15, 0.2) is 29.1 Å². The molecular weight excluding hydrogens is 358 g/mol. The summed E-state index contributed by atoms with van der Waals surface area (Å²) in [5.74, 6) is 0.508. The van der Waals surface area contributed by atoms with Crippen LogP contribution in [0.25, 0.3) is 10.2 Å². The van der Waals surface area contributed by atoms with Crippen molar-refractivity contribution in [2.24, 2.45) is 0 Å². The van der Waals surface area contributed by atoms with Crippen LogP contribution >= 0.6 is 11.3 Å². The summed E-state index contributed by atoms with van der Waals surface area (Å²) in [5, 5.41) is 3.66.